The van der Waals surface area contributed by atoms with Crippen LogP contribution in [-0.4, -0.2) is 12.3 Å². The van der Waals surface area contributed by atoms with Crippen molar-refractivity contribution in [1.82, 2.24) is 0 Å². The predicted molar refractivity (Wildman–Crippen MR) is 109 cm³/mol. The first-order valence-electron chi connectivity index (χ1n) is 8.86. The molecule has 0 unspecified atom stereocenters. The smallest absolute Gasteiger partial charge is 0.0730 e. The zero-order chi connectivity index (χ0) is 17.4. The highest BCUT2D eigenvalue weighted by molar-refractivity contribution is 7.16. The molecule has 0 saturated heterocycles. The topological polar surface area (TPSA) is 12.4 Å². The average molecular weight is 346 g/mol. The molecule has 0 bridgehead atoms. The maximum absolute atomic E-state index is 4.86. The van der Waals surface area contributed by atoms with Gasteiger partial charge in [-0.3, -0.25) is 4.99 Å². The van der Waals surface area contributed by atoms with Crippen LogP contribution in [0, 0.1) is 0 Å². The Balaban J connectivity index is 1.72. The first-order chi connectivity index (χ1) is 12.0. The molecule has 0 N–H and O–H groups in total. The highest BCUT2D eigenvalue weighted by Crippen LogP contribution is 2.35. The lowest BCUT2D eigenvalue weighted by atomic mass is 9.86. The molecule has 0 atom stereocenters. The summed E-state index contributed by atoms with van der Waals surface area (Å²) in [6.07, 6.45) is 1.05. The number of nitrogens with zero attached hydrogens (tertiary/aromatic N) is 1. The largest absolute Gasteiger partial charge is 0.284 e. The third-order valence-corrected chi connectivity index (χ3v) is 6.00. The Labute approximate surface area is 154 Å². The fourth-order valence-corrected chi connectivity index (χ4v) is 4.44. The first-order valence-corrected chi connectivity index (χ1v) is 9.68. The maximum atomic E-state index is 4.86. The highest BCUT2D eigenvalue weighted by Gasteiger charge is 2.20. The molecular weight excluding hydrogens is 322 g/mol. The summed E-state index contributed by atoms with van der Waals surface area (Å²) in [6.45, 7) is 7.65. The number of hydrogen-bond acceptors (Lipinski definition) is 2. The number of rotatable bonds is 2. The van der Waals surface area contributed by atoms with E-state index in [0.29, 0.717) is 0 Å². The van der Waals surface area contributed by atoms with Crippen molar-refractivity contribution in [2.24, 2.45) is 4.99 Å². The minimum absolute atomic E-state index is 0.181. The van der Waals surface area contributed by atoms with Crippen molar-refractivity contribution >= 4 is 17.0 Å². The van der Waals surface area contributed by atoms with Crippen molar-refractivity contribution in [3.63, 3.8) is 0 Å². The molecule has 0 fully saturated rings. The van der Waals surface area contributed by atoms with Gasteiger partial charge in [0.1, 0.15) is 0 Å². The summed E-state index contributed by atoms with van der Waals surface area (Å²) in [5, 5.41) is 0. The summed E-state index contributed by atoms with van der Waals surface area (Å²) in [7, 11) is 0. The van der Waals surface area contributed by atoms with Crippen LogP contribution in [0.5, 0.6) is 0 Å². The molecule has 1 nitrogen and oxygen atoms in total. The fourth-order valence-electron chi connectivity index (χ4n) is 3.29. The molecular formula is C23H23NS. The minimum atomic E-state index is 0.181. The van der Waals surface area contributed by atoms with Gasteiger partial charge in [-0.15, -0.1) is 11.3 Å². The van der Waals surface area contributed by atoms with Crippen LogP contribution in [0.3, 0.4) is 0 Å². The second-order valence-corrected chi connectivity index (χ2v) is 8.76. The second-order valence-electron chi connectivity index (χ2n) is 7.62. The van der Waals surface area contributed by atoms with Gasteiger partial charge in [0.2, 0.25) is 0 Å². The van der Waals surface area contributed by atoms with E-state index in [0.717, 1.165) is 18.7 Å². The Hall–Kier alpha value is -2.19. The van der Waals surface area contributed by atoms with Crippen LogP contribution in [-0.2, 0) is 11.8 Å². The summed E-state index contributed by atoms with van der Waals surface area (Å²) in [5.74, 6) is 0. The Kier molecular flexibility index (Phi) is 4.09. The van der Waals surface area contributed by atoms with E-state index in [-0.39, 0.29) is 5.41 Å². The molecule has 1 aromatic heterocycles. The molecule has 3 aromatic rings. The summed E-state index contributed by atoms with van der Waals surface area (Å²) in [5.41, 5.74) is 6.54. The summed E-state index contributed by atoms with van der Waals surface area (Å²) >= 11 is 1.91. The molecule has 0 radical (unpaired) electrons. The second kappa shape index (κ2) is 6.27. The lowest BCUT2D eigenvalue weighted by Gasteiger charge is -2.20. The maximum Gasteiger partial charge on any atom is 0.0730 e. The molecule has 0 amide bonds. The zero-order valence-corrected chi connectivity index (χ0v) is 15.9. The van der Waals surface area contributed by atoms with Crippen LogP contribution in [0.15, 0.2) is 65.7 Å². The van der Waals surface area contributed by atoms with E-state index < -0.39 is 0 Å². The van der Waals surface area contributed by atoms with Gasteiger partial charge in [0, 0.05) is 33.8 Å². The Morgan fingerprint density at radius 3 is 2.28 bits per heavy atom. The van der Waals surface area contributed by atoms with Crippen molar-refractivity contribution in [3.8, 4) is 10.4 Å². The van der Waals surface area contributed by atoms with Crippen LogP contribution in [0.2, 0.25) is 0 Å². The van der Waals surface area contributed by atoms with Gasteiger partial charge >= 0.3 is 0 Å². The third kappa shape index (κ3) is 3.19. The number of fused-ring (bicyclic) bond motifs is 1. The van der Waals surface area contributed by atoms with Crippen molar-refractivity contribution in [2.45, 2.75) is 32.6 Å². The molecule has 126 valence electrons. The monoisotopic (exact) mass is 345 g/mol. The molecule has 2 heterocycles. The Morgan fingerprint density at radius 2 is 1.60 bits per heavy atom. The number of benzene rings is 2. The molecule has 1 aliphatic rings. The van der Waals surface area contributed by atoms with Crippen molar-refractivity contribution in [3.05, 3.63) is 82.2 Å². The van der Waals surface area contributed by atoms with E-state index in [2.05, 4.69) is 81.4 Å². The van der Waals surface area contributed by atoms with Crippen LogP contribution in [0.1, 0.15) is 42.3 Å². The minimum Gasteiger partial charge on any atom is -0.284 e. The first kappa shape index (κ1) is 16.3. The van der Waals surface area contributed by atoms with Crippen LogP contribution < -0.4 is 0 Å². The normalized spacial score (nSPS) is 14.1. The van der Waals surface area contributed by atoms with E-state index in [4.69, 9.17) is 4.99 Å². The summed E-state index contributed by atoms with van der Waals surface area (Å²) in [4.78, 5) is 7.66. The SMILES string of the molecule is CC(C)(C)c1ccc(C2=NCCc3sc(-c4ccccc4)cc32)cc1. The van der Waals surface area contributed by atoms with Gasteiger partial charge in [-0.25, -0.2) is 0 Å². The van der Waals surface area contributed by atoms with Gasteiger partial charge in [-0.1, -0.05) is 75.4 Å². The number of thiophene rings is 1. The van der Waals surface area contributed by atoms with E-state index in [9.17, 15) is 0 Å². The molecule has 0 saturated carbocycles. The standard InChI is InChI=1S/C23H23NS/c1-23(2,3)18-11-9-17(10-12-18)22-19-15-21(16-7-5-4-6-8-16)25-20(19)13-14-24-22/h4-12,15H,13-14H2,1-3H3. The van der Waals surface area contributed by atoms with Gasteiger partial charge < -0.3 is 0 Å². The lowest BCUT2D eigenvalue weighted by Crippen LogP contribution is -2.14. The highest BCUT2D eigenvalue weighted by atomic mass is 32.1. The molecule has 4 rings (SSSR count). The van der Waals surface area contributed by atoms with Crippen LogP contribution in [0.4, 0.5) is 0 Å². The van der Waals surface area contributed by atoms with Crippen molar-refractivity contribution in [2.75, 3.05) is 6.54 Å². The van der Waals surface area contributed by atoms with Crippen LogP contribution >= 0.6 is 11.3 Å². The number of aliphatic imine (C=N–C) groups is 1. The van der Waals surface area contributed by atoms with Gasteiger partial charge in [0.15, 0.2) is 0 Å². The number of hydrogen-bond donors (Lipinski definition) is 0. The summed E-state index contributed by atoms with van der Waals surface area (Å²) < 4.78 is 0. The van der Waals surface area contributed by atoms with Gasteiger partial charge in [-0.2, -0.15) is 0 Å². The third-order valence-electron chi connectivity index (χ3n) is 4.76. The molecule has 0 spiro atoms. The predicted octanol–water partition coefficient (Wildman–Crippen LogP) is 6.11. The van der Waals surface area contributed by atoms with Gasteiger partial charge in [0.25, 0.3) is 0 Å². The molecule has 1 aliphatic heterocycles. The Morgan fingerprint density at radius 1 is 0.880 bits per heavy atom. The molecule has 2 heteroatoms. The van der Waals surface area contributed by atoms with E-state index in [1.54, 1.807) is 0 Å². The van der Waals surface area contributed by atoms with Gasteiger partial charge in [-0.05, 0) is 22.6 Å². The van der Waals surface area contributed by atoms with Crippen LogP contribution in [0.25, 0.3) is 10.4 Å². The van der Waals surface area contributed by atoms with E-state index >= 15 is 0 Å². The molecule has 25 heavy (non-hydrogen) atoms. The fraction of sp³-hybridized carbons (Fsp3) is 0.261. The average Bonchev–Trinajstić information content (AvgIpc) is 3.06. The summed E-state index contributed by atoms with van der Waals surface area (Å²) in [6, 6.07) is 21.9. The van der Waals surface area contributed by atoms with Crippen molar-refractivity contribution < 1.29 is 0 Å². The van der Waals surface area contributed by atoms with Crippen molar-refractivity contribution in [1.29, 1.82) is 0 Å². The zero-order valence-electron chi connectivity index (χ0n) is 15.0. The lowest BCUT2D eigenvalue weighted by molar-refractivity contribution is 0.590. The van der Waals surface area contributed by atoms with E-state index in [1.165, 1.54) is 32.0 Å². The molecule has 2 aromatic carbocycles. The Bertz CT molecular complexity index is 909. The van der Waals surface area contributed by atoms with E-state index in [1.807, 2.05) is 11.3 Å². The van der Waals surface area contributed by atoms with Gasteiger partial charge in [0.05, 0.1) is 5.71 Å². The molecule has 0 aliphatic carbocycles. The quantitative estimate of drug-likeness (QED) is 0.531.